The average Bonchev–Trinajstić information content (AvgIpc) is 3.05. The van der Waals surface area contributed by atoms with Crippen LogP contribution in [0.1, 0.15) is 28.5 Å². The molecule has 0 saturated carbocycles. The van der Waals surface area contributed by atoms with Crippen molar-refractivity contribution in [3.05, 3.63) is 56.7 Å². The zero-order chi connectivity index (χ0) is 14.8. The molecule has 1 aliphatic carbocycles. The summed E-state index contributed by atoms with van der Waals surface area (Å²) in [7, 11) is 0. The SMILES string of the molecule is O=C(O)CC(NC1Cc2ccc(Cl)cc2C1)c1cccs1. The molecule has 110 valence electrons. The first-order valence-electron chi connectivity index (χ1n) is 6.90. The number of aliphatic carboxylic acids is 1. The van der Waals surface area contributed by atoms with Crippen LogP contribution in [-0.4, -0.2) is 17.1 Å². The number of carboxylic acid groups (broad SMARTS) is 1. The summed E-state index contributed by atoms with van der Waals surface area (Å²) in [4.78, 5) is 12.2. The quantitative estimate of drug-likeness (QED) is 0.883. The molecule has 1 aliphatic rings. The largest absolute Gasteiger partial charge is 0.481 e. The molecule has 3 nitrogen and oxygen atoms in total. The molecule has 1 aromatic heterocycles. The van der Waals surface area contributed by atoms with Gasteiger partial charge >= 0.3 is 5.97 Å². The van der Waals surface area contributed by atoms with Gasteiger partial charge in [0.2, 0.25) is 0 Å². The Hall–Kier alpha value is -1.36. The van der Waals surface area contributed by atoms with E-state index in [1.54, 1.807) is 11.3 Å². The van der Waals surface area contributed by atoms with Gasteiger partial charge in [0.05, 0.1) is 12.5 Å². The number of hydrogen-bond donors (Lipinski definition) is 2. The van der Waals surface area contributed by atoms with Crippen LogP contribution in [0.5, 0.6) is 0 Å². The third-order valence-electron chi connectivity index (χ3n) is 3.80. The summed E-state index contributed by atoms with van der Waals surface area (Å²) < 4.78 is 0. The van der Waals surface area contributed by atoms with Crippen molar-refractivity contribution in [1.82, 2.24) is 5.32 Å². The van der Waals surface area contributed by atoms with E-state index in [1.165, 1.54) is 11.1 Å². The molecule has 0 amide bonds. The summed E-state index contributed by atoms with van der Waals surface area (Å²) in [6.07, 6.45) is 1.93. The van der Waals surface area contributed by atoms with Crippen molar-refractivity contribution in [2.24, 2.45) is 0 Å². The van der Waals surface area contributed by atoms with Crippen LogP contribution in [0.2, 0.25) is 5.02 Å². The predicted molar refractivity (Wildman–Crippen MR) is 85.1 cm³/mol. The van der Waals surface area contributed by atoms with Gasteiger partial charge in [0, 0.05) is 15.9 Å². The van der Waals surface area contributed by atoms with Crippen LogP contribution in [-0.2, 0) is 17.6 Å². The van der Waals surface area contributed by atoms with E-state index in [-0.39, 0.29) is 18.5 Å². The monoisotopic (exact) mass is 321 g/mol. The van der Waals surface area contributed by atoms with Crippen LogP contribution in [0.15, 0.2) is 35.7 Å². The van der Waals surface area contributed by atoms with Gasteiger partial charge in [-0.15, -0.1) is 11.3 Å². The highest BCUT2D eigenvalue weighted by molar-refractivity contribution is 7.10. The van der Waals surface area contributed by atoms with Gasteiger partial charge in [-0.05, 0) is 47.5 Å². The van der Waals surface area contributed by atoms with E-state index >= 15 is 0 Å². The zero-order valence-corrected chi connectivity index (χ0v) is 13.0. The van der Waals surface area contributed by atoms with Crippen LogP contribution in [0, 0.1) is 0 Å². The molecule has 2 aromatic rings. The molecule has 5 heteroatoms. The Labute approximate surface area is 132 Å². The minimum absolute atomic E-state index is 0.105. The van der Waals surface area contributed by atoms with Gasteiger partial charge in [-0.1, -0.05) is 23.7 Å². The van der Waals surface area contributed by atoms with Crippen LogP contribution in [0.25, 0.3) is 0 Å². The second-order valence-electron chi connectivity index (χ2n) is 5.35. The maximum absolute atomic E-state index is 11.1. The molecule has 2 N–H and O–H groups in total. The first-order chi connectivity index (χ1) is 10.1. The summed E-state index contributed by atoms with van der Waals surface area (Å²) >= 11 is 7.63. The first kappa shape index (κ1) is 14.6. The number of hydrogen-bond acceptors (Lipinski definition) is 3. The van der Waals surface area contributed by atoms with Crippen molar-refractivity contribution in [1.29, 1.82) is 0 Å². The molecule has 1 heterocycles. The highest BCUT2D eigenvalue weighted by Crippen LogP contribution is 2.29. The van der Waals surface area contributed by atoms with E-state index in [0.717, 1.165) is 22.7 Å². The zero-order valence-electron chi connectivity index (χ0n) is 11.4. The summed E-state index contributed by atoms with van der Waals surface area (Å²) in [6.45, 7) is 0. The lowest BCUT2D eigenvalue weighted by molar-refractivity contribution is -0.137. The van der Waals surface area contributed by atoms with Gasteiger partial charge < -0.3 is 10.4 Å². The molecule has 0 saturated heterocycles. The number of thiophene rings is 1. The summed E-state index contributed by atoms with van der Waals surface area (Å²) in [5.74, 6) is -0.778. The molecule has 0 spiro atoms. The summed E-state index contributed by atoms with van der Waals surface area (Å²) in [6, 6.07) is 10.1. The number of halogens is 1. The Balaban J connectivity index is 1.72. The Kier molecular flexibility index (Phi) is 4.29. The van der Waals surface area contributed by atoms with E-state index in [4.69, 9.17) is 16.7 Å². The Morgan fingerprint density at radius 1 is 1.38 bits per heavy atom. The van der Waals surface area contributed by atoms with Crippen LogP contribution < -0.4 is 5.32 Å². The normalized spacial score (nSPS) is 18.4. The molecule has 1 aromatic carbocycles. The Morgan fingerprint density at radius 2 is 2.19 bits per heavy atom. The van der Waals surface area contributed by atoms with Gasteiger partial charge in [0.25, 0.3) is 0 Å². The molecule has 3 rings (SSSR count). The minimum atomic E-state index is -0.778. The average molecular weight is 322 g/mol. The van der Waals surface area contributed by atoms with E-state index in [1.807, 2.05) is 29.6 Å². The number of carboxylic acids is 1. The van der Waals surface area contributed by atoms with Crippen molar-refractivity contribution in [2.45, 2.75) is 31.3 Å². The molecular weight excluding hydrogens is 306 g/mol. The maximum Gasteiger partial charge on any atom is 0.305 e. The lowest BCUT2D eigenvalue weighted by Gasteiger charge is -2.20. The smallest absolute Gasteiger partial charge is 0.305 e. The highest BCUT2D eigenvalue weighted by atomic mass is 35.5. The fourth-order valence-corrected chi connectivity index (χ4v) is 3.88. The summed E-state index contributed by atoms with van der Waals surface area (Å²) in [5, 5.41) is 15.4. The van der Waals surface area contributed by atoms with E-state index in [9.17, 15) is 4.79 Å². The predicted octanol–water partition coefficient (Wildman–Crippen LogP) is 3.67. The molecule has 2 unspecified atom stereocenters. The molecular formula is C16H16ClNO2S. The van der Waals surface area contributed by atoms with Crippen molar-refractivity contribution >= 4 is 28.9 Å². The number of carbonyl (C=O) groups is 1. The van der Waals surface area contributed by atoms with Gasteiger partial charge in [-0.3, -0.25) is 4.79 Å². The molecule has 2 atom stereocenters. The fourth-order valence-electron chi connectivity index (χ4n) is 2.89. The van der Waals surface area contributed by atoms with E-state index in [0.29, 0.717) is 0 Å². The van der Waals surface area contributed by atoms with Crippen molar-refractivity contribution in [3.63, 3.8) is 0 Å². The molecule has 21 heavy (non-hydrogen) atoms. The second-order valence-corrected chi connectivity index (χ2v) is 6.77. The number of benzene rings is 1. The van der Waals surface area contributed by atoms with E-state index < -0.39 is 5.97 Å². The van der Waals surface area contributed by atoms with Gasteiger partial charge in [-0.25, -0.2) is 0 Å². The Morgan fingerprint density at radius 3 is 2.90 bits per heavy atom. The molecule has 0 aliphatic heterocycles. The number of rotatable bonds is 5. The van der Waals surface area contributed by atoms with Gasteiger partial charge in [-0.2, -0.15) is 0 Å². The lowest BCUT2D eigenvalue weighted by Crippen LogP contribution is -2.34. The topological polar surface area (TPSA) is 49.3 Å². The van der Waals surface area contributed by atoms with Gasteiger partial charge in [0.1, 0.15) is 0 Å². The minimum Gasteiger partial charge on any atom is -0.481 e. The maximum atomic E-state index is 11.1. The van der Waals surface area contributed by atoms with Gasteiger partial charge in [0.15, 0.2) is 0 Å². The van der Waals surface area contributed by atoms with Crippen molar-refractivity contribution in [3.8, 4) is 0 Å². The number of fused-ring (bicyclic) bond motifs is 1. The first-order valence-corrected chi connectivity index (χ1v) is 8.16. The second kappa shape index (κ2) is 6.18. The number of nitrogens with one attached hydrogen (secondary N) is 1. The highest BCUT2D eigenvalue weighted by Gasteiger charge is 2.26. The van der Waals surface area contributed by atoms with Crippen molar-refractivity contribution in [2.75, 3.05) is 0 Å². The fraction of sp³-hybridized carbons (Fsp3) is 0.312. The summed E-state index contributed by atoms with van der Waals surface area (Å²) in [5.41, 5.74) is 2.57. The Bertz CT molecular complexity index is 642. The molecule has 0 bridgehead atoms. The van der Waals surface area contributed by atoms with Crippen molar-refractivity contribution < 1.29 is 9.90 Å². The van der Waals surface area contributed by atoms with Crippen LogP contribution in [0.3, 0.4) is 0 Å². The molecule has 0 radical (unpaired) electrons. The molecule has 0 fully saturated rings. The van der Waals surface area contributed by atoms with Crippen LogP contribution >= 0.6 is 22.9 Å². The standard InChI is InChI=1S/C16H16ClNO2S/c17-12-4-3-10-7-13(8-11(10)6-12)18-14(9-16(19)20)15-2-1-5-21-15/h1-6,13-14,18H,7-9H2,(H,19,20). The lowest BCUT2D eigenvalue weighted by atomic mass is 10.1. The van der Waals surface area contributed by atoms with Crippen LogP contribution in [0.4, 0.5) is 0 Å². The van der Waals surface area contributed by atoms with E-state index in [2.05, 4.69) is 11.4 Å². The third-order valence-corrected chi connectivity index (χ3v) is 5.02. The third kappa shape index (κ3) is 3.46.